The van der Waals surface area contributed by atoms with Gasteiger partial charge >= 0.3 is 6.18 Å². The van der Waals surface area contributed by atoms with Crippen LogP contribution in [0.1, 0.15) is 12.5 Å². The van der Waals surface area contributed by atoms with Crippen LogP contribution in [0.3, 0.4) is 0 Å². The second kappa shape index (κ2) is 8.15. The first kappa shape index (κ1) is 18.3. The third-order valence-electron chi connectivity index (χ3n) is 3.96. The lowest BCUT2D eigenvalue weighted by atomic mass is 10.2. The molecule has 0 amide bonds. The van der Waals surface area contributed by atoms with Gasteiger partial charge in [0.25, 0.3) is 5.78 Å². The van der Waals surface area contributed by atoms with Crippen LogP contribution in [-0.4, -0.2) is 54.5 Å². The SMILES string of the molecule is C/C(=C/C(=O)C(F)(F)F)N1CCN(C/C=C/c2ccccc2)CC1. The van der Waals surface area contributed by atoms with Crippen molar-refractivity contribution < 1.29 is 18.0 Å². The molecular weight excluding hydrogens is 317 g/mol. The molecule has 0 radical (unpaired) electrons. The van der Waals surface area contributed by atoms with Crippen LogP contribution in [0.15, 0.2) is 48.2 Å². The van der Waals surface area contributed by atoms with Crippen molar-refractivity contribution in [3.63, 3.8) is 0 Å². The second-order valence-corrected chi connectivity index (χ2v) is 5.75. The lowest BCUT2D eigenvalue weighted by molar-refractivity contribution is -0.165. The lowest BCUT2D eigenvalue weighted by Crippen LogP contribution is -2.45. The third-order valence-corrected chi connectivity index (χ3v) is 3.96. The van der Waals surface area contributed by atoms with E-state index in [0.717, 1.165) is 25.2 Å². The Kier molecular flexibility index (Phi) is 6.20. The monoisotopic (exact) mass is 338 g/mol. The minimum atomic E-state index is -4.80. The summed E-state index contributed by atoms with van der Waals surface area (Å²) < 4.78 is 36.9. The third kappa shape index (κ3) is 5.53. The van der Waals surface area contributed by atoms with Crippen LogP contribution in [0.25, 0.3) is 6.08 Å². The van der Waals surface area contributed by atoms with Crippen molar-refractivity contribution in [2.75, 3.05) is 32.7 Å². The maximum absolute atomic E-state index is 12.3. The second-order valence-electron chi connectivity index (χ2n) is 5.75. The molecule has 2 rings (SSSR count). The summed E-state index contributed by atoms with van der Waals surface area (Å²) in [4.78, 5) is 15.1. The van der Waals surface area contributed by atoms with Crippen LogP contribution in [0.2, 0.25) is 0 Å². The van der Waals surface area contributed by atoms with E-state index in [0.29, 0.717) is 24.9 Å². The topological polar surface area (TPSA) is 23.6 Å². The van der Waals surface area contributed by atoms with Crippen molar-refractivity contribution >= 4 is 11.9 Å². The quantitative estimate of drug-likeness (QED) is 0.769. The zero-order valence-electron chi connectivity index (χ0n) is 13.6. The summed E-state index contributed by atoms with van der Waals surface area (Å²) in [6.45, 7) is 5.09. The summed E-state index contributed by atoms with van der Waals surface area (Å²) in [7, 11) is 0. The number of ketones is 1. The number of benzene rings is 1. The van der Waals surface area contributed by atoms with Crippen LogP contribution >= 0.6 is 0 Å². The average molecular weight is 338 g/mol. The van der Waals surface area contributed by atoms with Crippen molar-refractivity contribution in [1.82, 2.24) is 9.80 Å². The lowest BCUT2D eigenvalue weighted by Gasteiger charge is -2.36. The smallest absolute Gasteiger partial charge is 0.372 e. The maximum Gasteiger partial charge on any atom is 0.454 e. The van der Waals surface area contributed by atoms with Gasteiger partial charge in [-0.25, -0.2) is 0 Å². The maximum atomic E-state index is 12.3. The number of rotatable bonds is 5. The number of hydrogen-bond acceptors (Lipinski definition) is 3. The first-order valence-electron chi connectivity index (χ1n) is 7.84. The number of hydrogen-bond donors (Lipinski definition) is 0. The molecule has 0 atom stereocenters. The number of halogens is 3. The number of carbonyl (C=O) groups excluding carboxylic acids is 1. The molecule has 0 spiro atoms. The van der Waals surface area contributed by atoms with Gasteiger partial charge in [0.1, 0.15) is 0 Å². The summed E-state index contributed by atoms with van der Waals surface area (Å²) in [6, 6.07) is 9.99. The molecule has 1 saturated heterocycles. The van der Waals surface area contributed by atoms with Gasteiger partial charge in [0.05, 0.1) is 0 Å². The molecule has 3 nitrogen and oxygen atoms in total. The highest BCUT2D eigenvalue weighted by Crippen LogP contribution is 2.18. The summed E-state index contributed by atoms with van der Waals surface area (Å²) >= 11 is 0. The molecule has 24 heavy (non-hydrogen) atoms. The van der Waals surface area contributed by atoms with E-state index >= 15 is 0 Å². The molecule has 0 unspecified atom stereocenters. The average Bonchev–Trinajstić information content (AvgIpc) is 2.55. The number of nitrogens with zero attached hydrogens (tertiary/aromatic N) is 2. The van der Waals surface area contributed by atoms with Gasteiger partial charge in [0.15, 0.2) is 0 Å². The van der Waals surface area contributed by atoms with Gasteiger partial charge in [-0.15, -0.1) is 0 Å². The number of allylic oxidation sites excluding steroid dienone is 2. The van der Waals surface area contributed by atoms with Crippen molar-refractivity contribution in [3.05, 3.63) is 53.7 Å². The molecule has 1 aliphatic heterocycles. The molecule has 1 aliphatic rings. The minimum Gasteiger partial charge on any atom is -0.372 e. The zero-order valence-corrected chi connectivity index (χ0v) is 13.6. The van der Waals surface area contributed by atoms with E-state index in [2.05, 4.69) is 17.1 Å². The fourth-order valence-corrected chi connectivity index (χ4v) is 2.55. The molecule has 0 aromatic heterocycles. The predicted molar refractivity (Wildman–Crippen MR) is 88.3 cm³/mol. The Hall–Kier alpha value is -2.08. The molecular formula is C18H21F3N2O. The van der Waals surface area contributed by atoms with Crippen molar-refractivity contribution in [2.24, 2.45) is 0 Å². The Morgan fingerprint density at radius 2 is 1.75 bits per heavy atom. The summed E-state index contributed by atoms with van der Waals surface area (Å²) in [5.74, 6) is -1.80. The summed E-state index contributed by atoms with van der Waals surface area (Å²) in [6.07, 6.45) is 0.0245. The van der Waals surface area contributed by atoms with Gasteiger partial charge in [-0.05, 0) is 12.5 Å². The molecule has 0 saturated carbocycles. The normalized spacial score (nSPS) is 17.5. The van der Waals surface area contributed by atoms with Crippen molar-refractivity contribution in [3.8, 4) is 0 Å². The largest absolute Gasteiger partial charge is 0.454 e. The van der Waals surface area contributed by atoms with Gasteiger partial charge in [-0.3, -0.25) is 9.69 Å². The van der Waals surface area contributed by atoms with Crippen molar-refractivity contribution in [1.29, 1.82) is 0 Å². The van der Waals surface area contributed by atoms with E-state index in [1.54, 1.807) is 6.92 Å². The van der Waals surface area contributed by atoms with Crippen LogP contribution in [0.5, 0.6) is 0 Å². The molecule has 130 valence electrons. The van der Waals surface area contributed by atoms with Crippen LogP contribution in [-0.2, 0) is 4.79 Å². The van der Waals surface area contributed by atoms with Gasteiger partial charge < -0.3 is 4.90 Å². The highest BCUT2D eigenvalue weighted by Gasteiger charge is 2.36. The summed E-state index contributed by atoms with van der Waals surface area (Å²) in [5, 5.41) is 0. The Balaban J connectivity index is 1.80. The van der Waals surface area contributed by atoms with Gasteiger partial charge in [0.2, 0.25) is 0 Å². The highest BCUT2D eigenvalue weighted by molar-refractivity contribution is 5.94. The molecule has 1 aromatic rings. The first-order chi connectivity index (χ1) is 11.4. The standard InChI is InChI=1S/C18H21F3N2O/c1-15(14-17(24)18(19,20)21)23-12-10-22(11-13-23)9-5-8-16-6-3-2-4-7-16/h2-8,14H,9-13H2,1H3/b8-5+,15-14-. The van der Waals surface area contributed by atoms with Crippen LogP contribution in [0.4, 0.5) is 13.2 Å². The molecule has 0 aliphatic carbocycles. The van der Waals surface area contributed by atoms with E-state index in [9.17, 15) is 18.0 Å². The molecule has 0 N–H and O–H groups in total. The Morgan fingerprint density at radius 3 is 2.33 bits per heavy atom. The highest BCUT2D eigenvalue weighted by atomic mass is 19.4. The molecule has 1 aromatic carbocycles. The Labute approximate surface area is 140 Å². The molecule has 6 heteroatoms. The number of carbonyl (C=O) groups is 1. The fraction of sp³-hybridized carbons (Fsp3) is 0.389. The first-order valence-corrected chi connectivity index (χ1v) is 7.84. The van der Waals surface area contributed by atoms with Gasteiger partial charge in [-0.2, -0.15) is 13.2 Å². The summed E-state index contributed by atoms with van der Waals surface area (Å²) in [5.41, 5.74) is 1.51. The van der Waals surface area contributed by atoms with E-state index in [1.807, 2.05) is 35.2 Å². The molecule has 1 heterocycles. The van der Waals surface area contributed by atoms with Crippen LogP contribution in [0, 0.1) is 0 Å². The number of alkyl halides is 3. The van der Waals surface area contributed by atoms with Gasteiger partial charge in [0, 0.05) is 44.5 Å². The molecule has 0 bridgehead atoms. The fourth-order valence-electron chi connectivity index (χ4n) is 2.55. The number of piperazine rings is 1. The van der Waals surface area contributed by atoms with Crippen LogP contribution < -0.4 is 0 Å². The Bertz CT molecular complexity index is 600. The Morgan fingerprint density at radius 1 is 1.12 bits per heavy atom. The van der Waals surface area contributed by atoms with E-state index in [4.69, 9.17) is 0 Å². The van der Waals surface area contributed by atoms with Crippen molar-refractivity contribution in [2.45, 2.75) is 13.1 Å². The predicted octanol–water partition coefficient (Wildman–Crippen LogP) is 3.35. The van der Waals surface area contributed by atoms with Gasteiger partial charge in [-0.1, -0.05) is 42.5 Å². The van der Waals surface area contributed by atoms with E-state index in [1.165, 1.54) is 0 Å². The van der Waals surface area contributed by atoms with E-state index < -0.39 is 12.0 Å². The zero-order chi connectivity index (χ0) is 17.6. The molecule has 1 fully saturated rings. The van der Waals surface area contributed by atoms with E-state index in [-0.39, 0.29) is 0 Å². The minimum absolute atomic E-state index is 0.372.